The molecule has 0 bridgehead atoms. The Bertz CT molecular complexity index is 1060. The van der Waals surface area contributed by atoms with Crippen LogP contribution in [0.4, 0.5) is 4.79 Å². The number of halogens is 1. The number of piperazine rings is 1. The van der Waals surface area contributed by atoms with Crippen molar-refractivity contribution in [2.45, 2.75) is 110 Å². The molecule has 216 valence electrons. The van der Waals surface area contributed by atoms with Gasteiger partial charge in [0.15, 0.2) is 0 Å². The highest BCUT2D eigenvalue weighted by molar-refractivity contribution is 6.30. The third kappa shape index (κ3) is 7.75. The summed E-state index contributed by atoms with van der Waals surface area (Å²) in [5.74, 6) is 0.668. The number of rotatable bonds is 7. The third-order valence-electron chi connectivity index (χ3n) is 8.54. The van der Waals surface area contributed by atoms with E-state index in [4.69, 9.17) is 16.3 Å². The number of ether oxygens (including phenoxy) is 1. The molecule has 0 N–H and O–H groups in total. The molecular formula is C31H46ClN3O4. The Labute approximate surface area is 239 Å². The van der Waals surface area contributed by atoms with Gasteiger partial charge in [-0.25, -0.2) is 4.79 Å². The molecule has 2 aliphatic heterocycles. The maximum Gasteiger partial charge on any atom is 0.410 e. The zero-order valence-electron chi connectivity index (χ0n) is 24.4. The zero-order valence-corrected chi connectivity index (χ0v) is 25.2. The summed E-state index contributed by atoms with van der Waals surface area (Å²) in [6.45, 7) is 13.6. The van der Waals surface area contributed by atoms with Gasteiger partial charge in [0.05, 0.1) is 0 Å². The van der Waals surface area contributed by atoms with Gasteiger partial charge >= 0.3 is 6.09 Å². The van der Waals surface area contributed by atoms with Crippen molar-refractivity contribution in [2.75, 3.05) is 26.2 Å². The van der Waals surface area contributed by atoms with Crippen molar-refractivity contribution < 1.29 is 19.1 Å². The van der Waals surface area contributed by atoms with Crippen LogP contribution < -0.4 is 0 Å². The molecule has 39 heavy (non-hydrogen) atoms. The van der Waals surface area contributed by atoms with Crippen LogP contribution in [0.5, 0.6) is 0 Å². The maximum atomic E-state index is 13.2. The van der Waals surface area contributed by atoms with E-state index in [2.05, 4.69) is 23.6 Å². The first kappa shape index (κ1) is 29.9. The van der Waals surface area contributed by atoms with Gasteiger partial charge in [0, 0.05) is 68.6 Å². The van der Waals surface area contributed by atoms with Gasteiger partial charge in [0.1, 0.15) is 11.4 Å². The van der Waals surface area contributed by atoms with Crippen LogP contribution in [-0.4, -0.2) is 76.3 Å². The monoisotopic (exact) mass is 559 g/mol. The largest absolute Gasteiger partial charge is 0.444 e. The number of Topliss-reactive ketones (excluding diaryl/α,β-unsaturated/α-hetero) is 1. The Balaban J connectivity index is 1.35. The number of amides is 2. The molecule has 3 fully saturated rings. The van der Waals surface area contributed by atoms with Crippen LogP contribution >= 0.6 is 11.6 Å². The summed E-state index contributed by atoms with van der Waals surface area (Å²) in [6, 6.07) is 3.98. The van der Waals surface area contributed by atoms with E-state index in [9.17, 15) is 14.4 Å². The lowest BCUT2D eigenvalue weighted by Gasteiger charge is -2.41. The molecule has 0 radical (unpaired) electrons. The van der Waals surface area contributed by atoms with Crippen molar-refractivity contribution in [1.82, 2.24) is 14.7 Å². The van der Waals surface area contributed by atoms with E-state index >= 15 is 0 Å². The molecule has 1 saturated carbocycles. The fourth-order valence-corrected chi connectivity index (χ4v) is 6.72. The minimum absolute atomic E-state index is 0.111. The molecule has 2 heterocycles. The van der Waals surface area contributed by atoms with E-state index in [1.807, 2.05) is 32.9 Å². The fourth-order valence-electron chi connectivity index (χ4n) is 6.45. The first-order chi connectivity index (χ1) is 18.4. The summed E-state index contributed by atoms with van der Waals surface area (Å²) in [5.41, 5.74) is 2.62. The van der Waals surface area contributed by atoms with Gasteiger partial charge in [-0.3, -0.25) is 14.5 Å². The van der Waals surface area contributed by atoms with E-state index in [0.29, 0.717) is 30.3 Å². The van der Waals surface area contributed by atoms with Gasteiger partial charge < -0.3 is 14.5 Å². The normalized spacial score (nSPS) is 22.9. The smallest absolute Gasteiger partial charge is 0.410 e. The van der Waals surface area contributed by atoms with Gasteiger partial charge in [-0.2, -0.15) is 0 Å². The average Bonchev–Trinajstić information content (AvgIpc) is 3.53. The van der Waals surface area contributed by atoms with Gasteiger partial charge in [0.2, 0.25) is 5.91 Å². The van der Waals surface area contributed by atoms with Crippen LogP contribution in [0.15, 0.2) is 12.1 Å². The Morgan fingerprint density at radius 2 is 1.67 bits per heavy atom. The summed E-state index contributed by atoms with van der Waals surface area (Å²) >= 11 is 6.53. The fraction of sp³-hybridized carbons (Fsp3) is 0.710. The first-order valence-electron chi connectivity index (χ1n) is 14.7. The van der Waals surface area contributed by atoms with Crippen molar-refractivity contribution in [1.29, 1.82) is 0 Å². The molecule has 2 saturated heterocycles. The van der Waals surface area contributed by atoms with Crippen LogP contribution in [-0.2, 0) is 27.3 Å². The predicted octanol–water partition coefficient (Wildman–Crippen LogP) is 5.77. The number of ketones is 1. The van der Waals surface area contributed by atoms with Crippen molar-refractivity contribution in [2.24, 2.45) is 5.92 Å². The van der Waals surface area contributed by atoms with Crippen LogP contribution in [0, 0.1) is 12.8 Å². The quantitative estimate of drug-likeness (QED) is 0.424. The lowest BCUT2D eigenvalue weighted by atomic mass is 9.95. The summed E-state index contributed by atoms with van der Waals surface area (Å²) in [5, 5.41) is 0.637. The maximum absolute atomic E-state index is 13.2. The van der Waals surface area contributed by atoms with E-state index in [1.54, 1.807) is 4.90 Å². The molecule has 2 atom stereocenters. The second-order valence-electron chi connectivity index (χ2n) is 12.8. The highest BCUT2D eigenvalue weighted by Crippen LogP contribution is 2.29. The first-order valence-corrected chi connectivity index (χ1v) is 15.1. The van der Waals surface area contributed by atoms with Crippen molar-refractivity contribution in [3.05, 3.63) is 33.8 Å². The number of hydrogen-bond acceptors (Lipinski definition) is 5. The molecule has 4 rings (SSSR count). The Morgan fingerprint density at radius 1 is 0.974 bits per heavy atom. The minimum atomic E-state index is -0.557. The summed E-state index contributed by atoms with van der Waals surface area (Å²) in [7, 11) is 0. The summed E-state index contributed by atoms with van der Waals surface area (Å²) in [4.78, 5) is 45.0. The molecule has 1 aliphatic carbocycles. The molecule has 1 aromatic rings. The lowest BCUT2D eigenvalue weighted by molar-refractivity contribution is -0.140. The molecule has 8 heteroatoms. The van der Waals surface area contributed by atoms with Crippen molar-refractivity contribution in [3.63, 3.8) is 0 Å². The highest BCUT2D eigenvalue weighted by Gasteiger charge is 2.35. The van der Waals surface area contributed by atoms with Gasteiger partial charge in [-0.05, 0) is 89.1 Å². The van der Waals surface area contributed by atoms with Gasteiger partial charge in [-0.15, -0.1) is 0 Å². The number of carbonyl (C=O) groups excluding carboxylic acids is 3. The Hall–Kier alpha value is -2.12. The number of hydrogen-bond donors (Lipinski definition) is 0. The average molecular weight is 560 g/mol. The lowest BCUT2D eigenvalue weighted by Crippen LogP contribution is -2.54. The van der Waals surface area contributed by atoms with E-state index in [0.717, 1.165) is 68.6 Å². The van der Waals surface area contributed by atoms with Gasteiger partial charge in [-0.1, -0.05) is 24.4 Å². The third-order valence-corrected chi connectivity index (χ3v) is 8.75. The molecular weight excluding hydrogens is 514 g/mol. The predicted molar refractivity (Wildman–Crippen MR) is 154 cm³/mol. The Kier molecular flexibility index (Phi) is 9.64. The second kappa shape index (κ2) is 12.6. The van der Waals surface area contributed by atoms with Crippen molar-refractivity contribution >= 4 is 29.4 Å². The molecule has 7 nitrogen and oxygen atoms in total. The number of nitrogens with zero attached hydrogens (tertiary/aromatic N) is 3. The van der Waals surface area contributed by atoms with Crippen LogP contribution in [0.1, 0.15) is 89.3 Å². The molecule has 2 amide bonds. The van der Waals surface area contributed by atoms with E-state index in [-0.39, 0.29) is 29.9 Å². The van der Waals surface area contributed by atoms with Crippen LogP contribution in [0.25, 0.3) is 0 Å². The second-order valence-corrected chi connectivity index (χ2v) is 13.3. The van der Waals surface area contributed by atoms with E-state index in [1.165, 1.54) is 12.8 Å². The van der Waals surface area contributed by atoms with Crippen LogP contribution in [0.2, 0.25) is 5.02 Å². The summed E-state index contributed by atoms with van der Waals surface area (Å²) < 4.78 is 5.56. The Morgan fingerprint density at radius 3 is 2.33 bits per heavy atom. The summed E-state index contributed by atoms with van der Waals surface area (Å²) in [6.07, 6.45) is 6.42. The van der Waals surface area contributed by atoms with Crippen LogP contribution in [0.3, 0.4) is 0 Å². The van der Waals surface area contributed by atoms with E-state index < -0.39 is 5.60 Å². The highest BCUT2D eigenvalue weighted by atomic mass is 35.5. The standard InChI is InChI=1S/C31H46ClN3O4/c1-21-19-33(13-14-34(21)29(37)23-9-6-7-10-23)20-25-16-26(32)15-24(22(25)2)17-28(36)18-27-11-8-12-35(27)30(38)39-31(3,4)5/h15-16,21,23,27H,6-14,17-20H2,1-5H3/t21-,27?/m0/s1. The molecule has 1 aromatic carbocycles. The van der Waals surface area contributed by atoms with Crippen molar-refractivity contribution in [3.8, 4) is 0 Å². The molecule has 0 aromatic heterocycles. The molecule has 0 spiro atoms. The number of likely N-dealkylation sites (tertiary alicyclic amines) is 1. The number of benzene rings is 1. The topological polar surface area (TPSA) is 70.2 Å². The zero-order chi connectivity index (χ0) is 28.3. The SMILES string of the molecule is Cc1c(CC(=O)CC2CCCN2C(=O)OC(C)(C)C)cc(Cl)cc1CN1CCN(C(=O)C2CCCC2)[C@@H](C)C1. The molecule has 1 unspecified atom stereocenters. The van der Waals surface area contributed by atoms with Gasteiger partial charge in [0.25, 0.3) is 0 Å². The molecule has 3 aliphatic rings. The minimum Gasteiger partial charge on any atom is -0.444 e. The number of carbonyl (C=O) groups is 3.